The average molecular weight is 331 g/mol. The number of amides is 1. The predicted molar refractivity (Wildman–Crippen MR) is 91.6 cm³/mol. The van der Waals surface area contributed by atoms with Crippen molar-refractivity contribution in [3.63, 3.8) is 0 Å². The molecule has 6 nitrogen and oxygen atoms in total. The minimum absolute atomic E-state index is 0.163. The van der Waals surface area contributed by atoms with E-state index in [1.807, 2.05) is 13.8 Å². The summed E-state index contributed by atoms with van der Waals surface area (Å²) in [5.74, 6) is 1.08. The molecule has 0 aliphatic rings. The molecule has 2 aromatic rings. The standard InChI is InChI=1S/C18H21NO5/c1-10-6-13(20)7-11(2)16(10)19-18(21)12-8-14(22-3)17(24-5)15(9-12)23-4/h6-9,20H,1-5H3,(H,19,21). The lowest BCUT2D eigenvalue weighted by Gasteiger charge is -2.15. The van der Waals surface area contributed by atoms with Gasteiger partial charge in [-0.25, -0.2) is 0 Å². The van der Waals surface area contributed by atoms with Crippen LogP contribution in [0.3, 0.4) is 0 Å². The fraction of sp³-hybridized carbons (Fsp3) is 0.278. The van der Waals surface area contributed by atoms with Gasteiger partial charge in [0.2, 0.25) is 5.75 Å². The Hall–Kier alpha value is -2.89. The van der Waals surface area contributed by atoms with E-state index >= 15 is 0 Å². The molecule has 0 spiro atoms. The maximum atomic E-state index is 12.6. The molecule has 24 heavy (non-hydrogen) atoms. The minimum Gasteiger partial charge on any atom is -0.508 e. The Balaban J connectivity index is 2.40. The first-order chi connectivity index (χ1) is 11.4. The van der Waals surface area contributed by atoms with Crippen LogP contribution in [0, 0.1) is 13.8 Å². The molecular weight excluding hydrogens is 310 g/mol. The number of hydrogen-bond acceptors (Lipinski definition) is 5. The second-order valence-corrected chi connectivity index (χ2v) is 5.32. The van der Waals surface area contributed by atoms with Gasteiger partial charge in [-0.05, 0) is 49.2 Å². The van der Waals surface area contributed by atoms with E-state index in [9.17, 15) is 9.90 Å². The van der Waals surface area contributed by atoms with Crippen LogP contribution in [0.5, 0.6) is 23.0 Å². The second-order valence-electron chi connectivity index (χ2n) is 5.32. The van der Waals surface area contributed by atoms with Crippen LogP contribution in [0.2, 0.25) is 0 Å². The Morgan fingerprint density at radius 2 is 1.42 bits per heavy atom. The lowest BCUT2D eigenvalue weighted by Crippen LogP contribution is -2.14. The first-order valence-electron chi connectivity index (χ1n) is 7.32. The van der Waals surface area contributed by atoms with E-state index in [0.29, 0.717) is 28.5 Å². The fourth-order valence-corrected chi connectivity index (χ4v) is 2.54. The molecule has 0 radical (unpaired) electrons. The third-order valence-corrected chi connectivity index (χ3v) is 3.68. The number of carbonyl (C=O) groups excluding carboxylic acids is 1. The number of aryl methyl sites for hydroxylation is 2. The number of anilines is 1. The molecule has 0 atom stereocenters. The van der Waals surface area contributed by atoms with E-state index in [1.165, 1.54) is 21.3 Å². The number of aromatic hydroxyl groups is 1. The molecule has 2 rings (SSSR count). The maximum absolute atomic E-state index is 12.6. The summed E-state index contributed by atoms with van der Waals surface area (Å²) in [4.78, 5) is 12.6. The van der Waals surface area contributed by atoms with E-state index in [4.69, 9.17) is 14.2 Å². The molecule has 6 heteroatoms. The van der Waals surface area contributed by atoms with Crippen molar-refractivity contribution in [2.75, 3.05) is 26.6 Å². The quantitative estimate of drug-likeness (QED) is 0.822. The molecule has 0 aliphatic carbocycles. The highest BCUT2D eigenvalue weighted by Gasteiger charge is 2.18. The Morgan fingerprint density at radius 1 is 0.917 bits per heavy atom. The van der Waals surface area contributed by atoms with Gasteiger partial charge in [-0.2, -0.15) is 0 Å². The van der Waals surface area contributed by atoms with E-state index in [-0.39, 0.29) is 11.7 Å². The van der Waals surface area contributed by atoms with Crippen LogP contribution >= 0.6 is 0 Å². The highest BCUT2D eigenvalue weighted by atomic mass is 16.5. The molecule has 2 N–H and O–H groups in total. The van der Waals surface area contributed by atoms with Crippen molar-refractivity contribution in [3.05, 3.63) is 41.0 Å². The van der Waals surface area contributed by atoms with Crippen molar-refractivity contribution >= 4 is 11.6 Å². The molecule has 0 fully saturated rings. The maximum Gasteiger partial charge on any atom is 0.255 e. The van der Waals surface area contributed by atoms with Crippen LogP contribution in [-0.2, 0) is 0 Å². The Bertz CT molecular complexity index is 722. The molecule has 0 saturated heterocycles. The number of nitrogens with one attached hydrogen (secondary N) is 1. The topological polar surface area (TPSA) is 77.0 Å². The molecule has 0 aromatic heterocycles. The van der Waals surface area contributed by atoms with Gasteiger partial charge in [-0.1, -0.05) is 0 Å². The first kappa shape index (κ1) is 17.5. The lowest BCUT2D eigenvalue weighted by molar-refractivity contribution is 0.102. The normalized spacial score (nSPS) is 10.2. The molecule has 0 saturated carbocycles. The van der Waals surface area contributed by atoms with Gasteiger partial charge >= 0.3 is 0 Å². The Labute approximate surface area is 141 Å². The molecule has 0 bridgehead atoms. The van der Waals surface area contributed by atoms with Crippen molar-refractivity contribution in [3.8, 4) is 23.0 Å². The number of phenols is 1. The van der Waals surface area contributed by atoms with E-state index in [1.54, 1.807) is 24.3 Å². The van der Waals surface area contributed by atoms with Gasteiger partial charge in [0, 0.05) is 11.3 Å². The van der Waals surface area contributed by atoms with Crippen LogP contribution in [-0.4, -0.2) is 32.3 Å². The summed E-state index contributed by atoms with van der Waals surface area (Å²) in [6, 6.07) is 6.36. The van der Waals surface area contributed by atoms with Gasteiger partial charge in [-0.3, -0.25) is 4.79 Å². The van der Waals surface area contributed by atoms with Crippen molar-refractivity contribution in [2.24, 2.45) is 0 Å². The summed E-state index contributed by atoms with van der Waals surface area (Å²) in [5.41, 5.74) is 2.57. The van der Waals surface area contributed by atoms with Crippen LogP contribution in [0.4, 0.5) is 5.69 Å². The van der Waals surface area contributed by atoms with Crippen molar-refractivity contribution in [2.45, 2.75) is 13.8 Å². The number of carbonyl (C=O) groups is 1. The monoisotopic (exact) mass is 331 g/mol. The summed E-state index contributed by atoms with van der Waals surface area (Å²) in [7, 11) is 4.49. The van der Waals surface area contributed by atoms with Gasteiger partial charge in [0.25, 0.3) is 5.91 Å². The second kappa shape index (κ2) is 7.12. The molecule has 2 aromatic carbocycles. The van der Waals surface area contributed by atoms with Crippen LogP contribution in [0.1, 0.15) is 21.5 Å². The predicted octanol–water partition coefficient (Wildman–Crippen LogP) is 3.29. The smallest absolute Gasteiger partial charge is 0.255 e. The van der Waals surface area contributed by atoms with Gasteiger partial charge in [0.1, 0.15) is 5.75 Å². The number of phenolic OH excluding ortho intramolecular Hbond substituents is 1. The van der Waals surface area contributed by atoms with E-state index in [2.05, 4.69) is 5.32 Å². The molecule has 128 valence electrons. The summed E-state index contributed by atoms with van der Waals surface area (Å²) < 4.78 is 15.8. The third kappa shape index (κ3) is 3.37. The first-order valence-corrected chi connectivity index (χ1v) is 7.32. The zero-order chi connectivity index (χ0) is 17.9. The molecule has 0 unspecified atom stereocenters. The van der Waals surface area contributed by atoms with E-state index < -0.39 is 0 Å². The summed E-state index contributed by atoms with van der Waals surface area (Å²) in [6.07, 6.45) is 0. The fourth-order valence-electron chi connectivity index (χ4n) is 2.54. The molecule has 0 aliphatic heterocycles. The summed E-state index contributed by atoms with van der Waals surface area (Å²) in [6.45, 7) is 3.63. The van der Waals surface area contributed by atoms with E-state index in [0.717, 1.165) is 11.1 Å². The number of benzene rings is 2. The van der Waals surface area contributed by atoms with Gasteiger partial charge in [0.05, 0.1) is 21.3 Å². The highest BCUT2D eigenvalue weighted by Crippen LogP contribution is 2.38. The number of methoxy groups -OCH3 is 3. The summed E-state index contributed by atoms with van der Waals surface area (Å²) >= 11 is 0. The third-order valence-electron chi connectivity index (χ3n) is 3.68. The van der Waals surface area contributed by atoms with Crippen molar-refractivity contribution in [1.82, 2.24) is 0 Å². The zero-order valence-corrected chi connectivity index (χ0v) is 14.4. The highest BCUT2D eigenvalue weighted by molar-refractivity contribution is 6.06. The minimum atomic E-state index is -0.314. The molecule has 0 heterocycles. The average Bonchev–Trinajstić information content (AvgIpc) is 2.56. The number of rotatable bonds is 5. The Kier molecular flexibility index (Phi) is 5.18. The van der Waals surface area contributed by atoms with Crippen molar-refractivity contribution < 1.29 is 24.1 Å². The lowest BCUT2D eigenvalue weighted by atomic mass is 10.1. The number of hydrogen-bond donors (Lipinski definition) is 2. The molecule has 1 amide bonds. The molecular formula is C18H21NO5. The number of ether oxygens (including phenoxy) is 3. The van der Waals surface area contributed by atoms with Crippen LogP contribution in [0.15, 0.2) is 24.3 Å². The zero-order valence-electron chi connectivity index (χ0n) is 14.4. The van der Waals surface area contributed by atoms with Crippen LogP contribution < -0.4 is 19.5 Å². The van der Waals surface area contributed by atoms with Gasteiger partial charge in [-0.15, -0.1) is 0 Å². The Morgan fingerprint density at radius 3 is 1.83 bits per heavy atom. The van der Waals surface area contributed by atoms with Gasteiger partial charge in [0.15, 0.2) is 11.5 Å². The SMILES string of the molecule is COc1cc(C(=O)Nc2c(C)cc(O)cc2C)cc(OC)c1OC. The summed E-state index contributed by atoms with van der Waals surface area (Å²) in [5, 5.41) is 12.5. The van der Waals surface area contributed by atoms with Gasteiger partial charge < -0.3 is 24.6 Å². The van der Waals surface area contributed by atoms with Crippen LogP contribution in [0.25, 0.3) is 0 Å². The van der Waals surface area contributed by atoms with Crippen molar-refractivity contribution in [1.29, 1.82) is 0 Å². The largest absolute Gasteiger partial charge is 0.508 e.